The molecule has 1 saturated heterocycles. The van der Waals surface area contributed by atoms with Crippen LogP contribution in [0.1, 0.15) is 12.8 Å². The lowest BCUT2D eigenvalue weighted by atomic mass is 10.3. The third-order valence-corrected chi connectivity index (χ3v) is 1.79. The normalized spacial score (nSPS) is 20.2. The summed E-state index contributed by atoms with van der Waals surface area (Å²) in [6.07, 6.45) is -5.60. The van der Waals surface area contributed by atoms with Crippen molar-refractivity contribution in [2.75, 3.05) is 6.54 Å². The zero-order valence-corrected chi connectivity index (χ0v) is 6.67. The van der Waals surface area contributed by atoms with Gasteiger partial charge in [0.1, 0.15) is 0 Å². The molecule has 1 rings (SSSR count). The molecule has 2 amide bonds. The van der Waals surface area contributed by atoms with Crippen molar-refractivity contribution in [1.29, 1.82) is 0 Å². The van der Waals surface area contributed by atoms with E-state index in [2.05, 4.69) is 0 Å². The van der Waals surface area contributed by atoms with Crippen LogP contribution in [0.15, 0.2) is 0 Å². The standard InChI is InChI=1S/C7H8F3NO2/c8-4(7(9)10)3-11-5(12)1-2-6(11)13/h4,7H,1-3H2. The Kier molecular flexibility index (Phi) is 2.90. The van der Waals surface area contributed by atoms with Crippen LogP contribution >= 0.6 is 0 Å². The van der Waals surface area contributed by atoms with Gasteiger partial charge in [-0.15, -0.1) is 0 Å². The van der Waals surface area contributed by atoms with E-state index in [1.807, 2.05) is 0 Å². The van der Waals surface area contributed by atoms with Crippen molar-refractivity contribution in [3.05, 3.63) is 0 Å². The average Bonchev–Trinajstić information content (AvgIpc) is 2.35. The molecule has 74 valence electrons. The van der Waals surface area contributed by atoms with E-state index in [4.69, 9.17) is 0 Å². The summed E-state index contributed by atoms with van der Waals surface area (Å²) in [4.78, 5) is 22.2. The second-order valence-corrected chi connectivity index (χ2v) is 2.75. The Balaban J connectivity index is 2.52. The number of nitrogens with zero attached hydrogens (tertiary/aromatic N) is 1. The van der Waals surface area contributed by atoms with E-state index < -0.39 is 31.0 Å². The first-order valence-electron chi connectivity index (χ1n) is 3.78. The highest BCUT2D eigenvalue weighted by molar-refractivity contribution is 6.01. The summed E-state index contributed by atoms with van der Waals surface area (Å²) >= 11 is 0. The van der Waals surface area contributed by atoms with Gasteiger partial charge in [0, 0.05) is 12.8 Å². The summed E-state index contributed by atoms with van der Waals surface area (Å²) in [6, 6.07) is 0. The number of alkyl halides is 3. The SMILES string of the molecule is O=C1CCC(=O)N1CC(F)C(F)F. The molecule has 0 bridgehead atoms. The lowest BCUT2D eigenvalue weighted by molar-refractivity contribution is -0.140. The molecule has 0 spiro atoms. The molecular formula is C7H8F3NO2. The van der Waals surface area contributed by atoms with Gasteiger partial charge in [-0.3, -0.25) is 14.5 Å². The lowest BCUT2D eigenvalue weighted by Gasteiger charge is -2.15. The number of carbonyl (C=O) groups excluding carboxylic acids is 2. The fourth-order valence-electron chi connectivity index (χ4n) is 1.08. The molecule has 1 fully saturated rings. The fourth-order valence-corrected chi connectivity index (χ4v) is 1.08. The van der Waals surface area contributed by atoms with Gasteiger partial charge < -0.3 is 0 Å². The molecule has 1 heterocycles. The van der Waals surface area contributed by atoms with E-state index in [-0.39, 0.29) is 12.8 Å². The molecule has 0 aliphatic carbocycles. The Morgan fingerprint density at radius 3 is 2.00 bits per heavy atom. The smallest absolute Gasteiger partial charge is 0.271 e. The number of imide groups is 1. The number of likely N-dealkylation sites (tertiary alicyclic amines) is 1. The molecule has 0 N–H and O–H groups in total. The third kappa shape index (κ3) is 2.19. The molecule has 0 aromatic carbocycles. The van der Waals surface area contributed by atoms with Crippen molar-refractivity contribution in [2.45, 2.75) is 25.4 Å². The van der Waals surface area contributed by atoms with Gasteiger partial charge in [-0.25, -0.2) is 13.2 Å². The predicted molar refractivity (Wildman–Crippen MR) is 36.9 cm³/mol. The van der Waals surface area contributed by atoms with Crippen LogP contribution in [-0.4, -0.2) is 35.9 Å². The zero-order valence-electron chi connectivity index (χ0n) is 6.67. The zero-order chi connectivity index (χ0) is 10.0. The quantitative estimate of drug-likeness (QED) is 0.623. The fraction of sp³-hybridized carbons (Fsp3) is 0.714. The summed E-state index contributed by atoms with van der Waals surface area (Å²) in [7, 11) is 0. The number of amides is 2. The summed E-state index contributed by atoms with van der Waals surface area (Å²) in [6.45, 7) is -0.824. The molecule has 0 aromatic heterocycles. The minimum atomic E-state index is -3.15. The number of hydrogen-bond donors (Lipinski definition) is 0. The van der Waals surface area contributed by atoms with Crippen LogP contribution < -0.4 is 0 Å². The van der Waals surface area contributed by atoms with E-state index in [1.165, 1.54) is 0 Å². The van der Waals surface area contributed by atoms with Gasteiger partial charge in [-0.05, 0) is 0 Å². The van der Waals surface area contributed by atoms with E-state index in [0.717, 1.165) is 0 Å². The van der Waals surface area contributed by atoms with Crippen molar-refractivity contribution < 1.29 is 22.8 Å². The second-order valence-electron chi connectivity index (χ2n) is 2.75. The van der Waals surface area contributed by atoms with Crippen LogP contribution in [0.4, 0.5) is 13.2 Å². The highest BCUT2D eigenvalue weighted by Crippen LogP contribution is 2.15. The molecule has 1 atom stereocenters. The molecule has 0 radical (unpaired) electrons. The maximum atomic E-state index is 12.4. The molecule has 6 heteroatoms. The summed E-state index contributed by atoms with van der Waals surface area (Å²) < 4.78 is 35.9. The van der Waals surface area contributed by atoms with Crippen molar-refractivity contribution in [3.63, 3.8) is 0 Å². The maximum Gasteiger partial charge on any atom is 0.271 e. The molecule has 1 aliphatic heterocycles. The third-order valence-electron chi connectivity index (χ3n) is 1.79. The molecule has 1 aliphatic rings. The second kappa shape index (κ2) is 3.76. The summed E-state index contributed by atoms with van der Waals surface area (Å²) in [5.41, 5.74) is 0. The monoisotopic (exact) mass is 195 g/mol. The van der Waals surface area contributed by atoms with Gasteiger partial charge in [0.25, 0.3) is 6.43 Å². The van der Waals surface area contributed by atoms with Gasteiger partial charge in [0.15, 0.2) is 6.17 Å². The van der Waals surface area contributed by atoms with Gasteiger partial charge in [-0.1, -0.05) is 0 Å². The largest absolute Gasteiger partial charge is 0.279 e. The number of halogens is 3. The van der Waals surface area contributed by atoms with Gasteiger partial charge in [-0.2, -0.15) is 0 Å². The first-order valence-corrected chi connectivity index (χ1v) is 3.78. The minimum absolute atomic E-state index is 0.00517. The van der Waals surface area contributed by atoms with Crippen LogP contribution in [0.2, 0.25) is 0 Å². The first-order chi connectivity index (χ1) is 6.02. The Bertz CT molecular complexity index is 216. The molecule has 1 unspecified atom stereocenters. The van der Waals surface area contributed by atoms with Crippen molar-refractivity contribution in [2.24, 2.45) is 0 Å². The van der Waals surface area contributed by atoms with Crippen LogP contribution in [0, 0.1) is 0 Å². The molecule has 3 nitrogen and oxygen atoms in total. The number of hydrogen-bond acceptors (Lipinski definition) is 2. The minimum Gasteiger partial charge on any atom is -0.279 e. The van der Waals surface area contributed by atoms with Crippen LogP contribution in [-0.2, 0) is 9.59 Å². The highest BCUT2D eigenvalue weighted by Gasteiger charge is 2.33. The Hall–Kier alpha value is -1.07. The van der Waals surface area contributed by atoms with E-state index in [9.17, 15) is 22.8 Å². The van der Waals surface area contributed by atoms with Gasteiger partial charge in [0.2, 0.25) is 11.8 Å². The van der Waals surface area contributed by atoms with Crippen LogP contribution in [0.3, 0.4) is 0 Å². The van der Waals surface area contributed by atoms with Crippen molar-refractivity contribution in [3.8, 4) is 0 Å². The summed E-state index contributed by atoms with van der Waals surface area (Å²) in [5.74, 6) is -1.15. The maximum absolute atomic E-state index is 12.4. The van der Waals surface area contributed by atoms with Crippen molar-refractivity contribution in [1.82, 2.24) is 4.90 Å². The molecule has 0 aromatic rings. The average molecular weight is 195 g/mol. The first kappa shape index (κ1) is 10.0. The molecule has 13 heavy (non-hydrogen) atoms. The van der Waals surface area contributed by atoms with E-state index in [0.29, 0.717) is 4.90 Å². The Labute approximate surface area is 72.5 Å². The summed E-state index contributed by atoms with van der Waals surface area (Å²) in [5, 5.41) is 0. The Morgan fingerprint density at radius 1 is 1.15 bits per heavy atom. The van der Waals surface area contributed by atoms with Gasteiger partial charge >= 0.3 is 0 Å². The number of carbonyl (C=O) groups is 2. The van der Waals surface area contributed by atoms with Gasteiger partial charge in [0.05, 0.1) is 6.54 Å². The predicted octanol–water partition coefficient (Wildman–Crippen LogP) is 0.739. The Morgan fingerprint density at radius 2 is 1.62 bits per heavy atom. The lowest BCUT2D eigenvalue weighted by Crippen LogP contribution is -2.37. The topological polar surface area (TPSA) is 37.4 Å². The van der Waals surface area contributed by atoms with E-state index in [1.54, 1.807) is 0 Å². The van der Waals surface area contributed by atoms with E-state index >= 15 is 0 Å². The number of rotatable bonds is 3. The van der Waals surface area contributed by atoms with Crippen LogP contribution in [0.25, 0.3) is 0 Å². The van der Waals surface area contributed by atoms with Crippen LogP contribution in [0.5, 0.6) is 0 Å². The molecule has 0 saturated carbocycles. The highest BCUT2D eigenvalue weighted by atomic mass is 19.3. The molecular weight excluding hydrogens is 187 g/mol. The van der Waals surface area contributed by atoms with Crippen molar-refractivity contribution >= 4 is 11.8 Å².